The Morgan fingerprint density at radius 1 is 1.21 bits per heavy atom. The van der Waals surface area contributed by atoms with E-state index < -0.39 is 0 Å². The summed E-state index contributed by atoms with van der Waals surface area (Å²) in [5.74, 6) is 1.62. The van der Waals surface area contributed by atoms with E-state index in [-0.39, 0.29) is 5.96 Å². The summed E-state index contributed by atoms with van der Waals surface area (Å²) in [4.78, 5) is 11.5. The number of likely N-dealkylation sites (tertiary alicyclic amines) is 1. The molecule has 3 rings (SSSR count). The molecule has 0 saturated carbocycles. The quantitative estimate of drug-likeness (QED) is 0.484. The number of piperidine rings is 1. The molecule has 1 aromatic carbocycles. The Balaban J connectivity index is 1.68. The summed E-state index contributed by atoms with van der Waals surface area (Å²) in [6, 6.07) is 9.56. The molecule has 2 aromatic rings. The van der Waals surface area contributed by atoms with E-state index in [2.05, 4.69) is 32.4 Å². The van der Waals surface area contributed by atoms with Gasteiger partial charge in [0.15, 0.2) is 11.8 Å². The normalized spacial score (nSPS) is 16.2. The molecule has 1 aliphatic rings. The zero-order chi connectivity index (χ0) is 20.1. The van der Waals surface area contributed by atoms with E-state index in [0.717, 1.165) is 43.9 Å². The second kappa shape index (κ2) is 9.45. The molecule has 0 atom stereocenters. The van der Waals surface area contributed by atoms with Crippen molar-refractivity contribution in [2.24, 2.45) is 10.7 Å². The third kappa shape index (κ3) is 5.74. The van der Waals surface area contributed by atoms with Gasteiger partial charge in [0.2, 0.25) is 0 Å². The van der Waals surface area contributed by atoms with E-state index in [9.17, 15) is 0 Å². The molecule has 0 aliphatic carbocycles. The van der Waals surface area contributed by atoms with E-state index >= 15 is 0 Å². The number of nitrogens with zero attached hydrogens (tertiary/aromatic N) is 3. The Morgan fingerprint density at radius 3 is 2.64 bits per heavy atom. The number of aromatic nitrogens is 1. The predicted molar refractivity (Wildman–Crippen MR) is 119 cm³/mol. The minimum atomic E-state index is 0.235. The van der Waals surface area contributed by atoms with Crippen LogP contribution in [-0.2, 0) is 0 Å². The minimum Gasteiger partial charge on any atom is -0.369 e. The Labute approximate surface area is 176 Å². The Morgan fingerprint density at radius 2 is 1.96 bits per heavy atom. The van der Waals surface area contributed by atoms with Gasteiger partial charge in [-0.25, -0.2) is 4.98 Å². The molecule has 1 fully saturated rings. The number of hydrogen-bond donors (Lipinski definition) is 3. The molecular formula is C20H26Cl2N6. The van der Waals surface area contributed by atoms with Crippen LogP contribution in [-0.4, -0.2) is 41.5 Å². The van der Waals surface area contributed by atoms with E-state index in [1.165, 1.54) is 0 Å². The smallest absolute Gasteiger partial charge is 0.199 e. The highest BCUT2D eigenvalue weighted by Crippen LogP contribution is 2.25. The van der Waals surface area contributed by atoms with Crippen LogP contribution < -0.4 is 16.4 Å². The molecule has 1 aromatic heterocycles. The lowest BCUT2D eigenvalue weighted by Gasteiger charge is -2.31. The predicted octanol–water partition coefficient (Wildman–Crippen LogP) is 4.65. The highest BCUT2D eigenvalue weighted by atomic mass is 35.5. The van der Waals surface area contributed by atoms with Crippen LogP contribution in [0.3, 0.4) is 0 Å². The molecule has 0 amide bonds. The second-order valence-electron chi connectivity index (χ2n) is 6.99. The average Bonchev–Trinajstić information content (AvgIpc) is 2.65. The van der Waals surface area contributed by atoms with Gasteiger partial charge in [0.25, 0.3) is 0 Å². The molecular weight excluding hydrogens is 395 g/mol. The van der Waals surface area contributed by atoms with Crippen molar-refractivity contribution in [3.05, 3.63) is 45.9 Å². The largest absolute Gasteiger partial charge is 0.369 e. The van der Waals surface area contributed by atoms with Crippen LogP contribution in [0.5, 0.6) is 0 Å². The molecule has 28 heavy (non-hydrogen) atoms. The third-order valence-corrected chi connectivity index (χ3v) is 5.51. The van der Waals surface area contributed by atoms with Crippen LogP contribution in [0.15, 0.2) is 35.3 Å². The molecule has 4 N–H and O–H groups in total. The van der Waals surface area contributed by atoms with Crippen molar-refractivity contribution >= 4 is 46.5 Å². The first-order valence-corrected chi connectivity index (χ1v) is 10.2. The van der Waals surface area contributed by atoms with Crippen molar-refractivity contribution in [1.82, 2.24) is 9.88 Å². The summed E-state index contributed by atoms with van der Waals surface area (Å²) < 4.78 is 0. The maximum atomic E-state index is 6.04. The summed E-state index contributed by atoms with van der Waals surface area (Å²) >= 11 is 12.0. The first-order valence-electron chi connectivity index (χ1n) is 9.46. The van der Waals surface area contributed by atoms with Crippen molar-refractivity contribution < 1.29 is 0 Å². The van der Waals surface area contributed by atoms with Crippen molar-refractivity contribution in [3.63, 3.8) is 0 Å². The van der Waals surface area contributed by atoms with Crippen LogP contribution in [0.25, 0.3) is 0 Å². The van der Waals surface area contributed by atoms with Crippen LogP contribution in [0.4, 0.5) is 17.3 Å². The summed E-state index contributed by atoms with van der Waals surface area (Å²) in [6.45, 7) is 7.57. The van der Waals surface area contributed by atoms with Crippen LogP contribution in [0, 0.1) is 6.92 Å². The minimum absolute atomic E-state index is 0.235. The topological polar surface area (TPSA) is 78.6 Å². The average molecular weight is 421 g/mol. The number of aliphatic imine (C=N–C) groups is 1. The van der Waals surface area contributed by atoms with Gasteiger partial charge in [-0.3, -0.25) is 0 Å². The maximum Gasteiger partial charge on any atom is 0.199 e. The number of pyridine rings is 1. The number of anilines is 2. The fourth-order valence-corrected chi connectivity index (χ4v) is 3.55. The van der Waals surface area contributed by atoms with Crippen molar-refractivity contribution in [2.45, 2.75) is 32.7 Å². The number of nitrogens with two attached hydrogens (primary N) is 1. The van der Waals surface area contributed by atoms with Gasteiger partial charge in [0, 0.05) is 24.8 Å². The fraction of sp³-hybridized carbons (Fsp3) is 0.400. The Hall–Kier alpha value is -2.02. The third-order valence-electron chi connectivity index (χ3n) is 4.77. The lowest BCUT2D eigenvalue weighted by molar-refractivity contribution is 0.229. The van der Waals surface area contributed by atoms with Crippen LogP contribution in [0.1, 0.15) is 25.3 Å². The molecule has 0 spiro atoms. The summed E-state index contributed by atoms with van der Waals surface area (Å²) in [7, 11) is 0. The molecule has 0 bridgehead atoms. The molecule has 0 radical (unpaired) electrons. The Bertz CT molecular complexity index is 847. The highest BCUT2D eigenvalue weighted by molar-refractivity contribution is 6.42. The van der Waals surface area contributed by atoms with Gasteiger partial charge in [-0.1, -0.05) is 30.1 Å². The molecule has 1 aliphatic heterocycles. The van der Waals surface area contributed by atoms with E-state index in [4.69, 9.17) is 28.9 Å². The number of halogens is 2. The zero-order valence-electron chi connectivity index (χ0n) is 16.2. The first-order chi connectivity index (χ1) is 13.4. The van der Waals surface area contributed by atoms with Gasteiger partial charge in [-0.05, 0) is 62.2 Å². The molecule has 8 heteroatoms. The van der Waals surface area contributed by atoms with E-state index in [0.29, 0.717) is 27.6 Å². The number of guanidine groups is 1. The summed E-state index contributed by atoms with van der Waals surface area (Å²) in [5, 5.41) is 7.49. The van der Waals surface area contributed by atoms with Crippen molar-refractivity contribution in [1.29, 1.82) is 0 Å². The molecule has 1 saturated heterocycles. The molecule has 0 unspecified atom stereocenters. The van der Waals surface area contributed by atoms with Gasteiger partial charge in [0.05, 0.1) is 10.0 Å². The molecule has 150 valence electrons. The van der Waals surface area contributed by atoms with Gasteiger partial charge >= 0.3 is 0 Å². The summed E-state index contributed by atoms with van der Waals surface area (Å²) in [6.07, 6.45) is 2.23. The van der Waals surface area contributed by atoms with E-state index in [1.807, 2.05) is 19.1 Å². The molecule has 6 nitrogen and oxygen atoms in total. The standard InChI is InChI=1S/C20H26Cl2N6/c1-3-28-8-6-14(7-9-28)24-18-10-13(2)11-19(26-18)27-20(23)25-15-4-5-16(21)17(22)12-15/h4-5,10-12,14H,3,6-9H2,1-2H3,(H4,23,24,25,26,27). The van der Waals surface area contributed by atoms with Crippen LogP contribution in [0.2, 0.25) is 10.0 Å². The lowest BCUT2D eigenvalue weighted by atomic mass is 10.1. The monoisotopic (exact) mass is 420 g/mol. The Kier molecular flexibility index (Phi) is 6.99. The van der Waals surface area contributed by atoms with Gasteiger partial charge in [-0.15, -0.1) is 0 Å². The number of benzene rings is 1. The number of nitrogens with one attached hydrogen (secondary N) is 2. The van der Waals surface area contributed by atoms with Gasteiger partial charge < -0.3 is 21.3 Å². The first kappa shape index (κ1) is 20.7. The number of hydrogen-bond acceptors (Lipinski definition) is 4. The number of rotatable bonds is 5. The maximum absolute atomic E-state index is 6.04. The molecule has 2 heterocycles. The van der Waals surface area contributed by atoms with Crippen molar-refractivity contribution in [3.8, 4) is 0 Å². The lowest BCUT2D eigenvalue weighted by Crippen LogP contribution is -2.39. The SMILES string of the molecule is CCN1CCC(Nc2cc(C)cc(N=C(N)Nc3ccc(Cl)c(Cl)c3)n2)CC1. The van der Waals surface area contributed by atoms with Crippen LogP contribution >= 0.6 is 23.2 Å². The van der Waals surface area contributed by atoms with E-state index in [1.54, 1.807) is 18.2 Å². The highest BCUT2D eigenvalue weighted by Gasteiger charge is 2.18. The van der Waals surface area contributed by atoms with Gasteiger partial charge in [0.1, 0.15) is 5.82 Å². The fourth-order valence-electron chi connectivity index (χ4n) is 3.26. The second-order valence-corrected chi connectivity index (χ2v) is 7.81. The van der Waals surface area contributed by atoms with Crippen molar-refractivity contribution in [2.75, 3.05) is 30.3 Å². The number of aryl methyl sites for hydroxylation is 1. The van der Waals surface area contributed by atoms with Gasteiger partial charge in [-0.2, -0.15) is 4.99 Å². The zero-order valence-corrected chi connectivity index (χ0v) is 17.7. The summed E-state index contributed by atoms with van der Waals surface area (Å²) in [5.41, 5.74) is 7.82.